The third-order valence-corrected chi connectivity index (χ3v) is 2.28. The zero-order valence-electron chi connectivity index (χ0n) is 10.1. The largest absolute Gasteiger partial charge is 0.382 e. The van der Waals surface area contributed by atoms with Crippen LogP contribution in [0.2, 0.25) is 0 Å². The summed E-state index contributed by atoms with van der Waals surface area (Å²) in [6.45, 7) is 3.72. The molecule has 0 atom stereocenters. The Hall–Kier alpha value is -2.50. The number of rotatable bonds is 2. The highest BCUT2D eigenvalue weighted by Gasteiger charge is 2.12. The lowest BCUT2D eigenvalue weighted by Crippen LogP contribution is -2.16. The fraction of sp³-hybridized carbons (Fsp3) is 0.167. The third kappa shape index (κ3) is 2.60. The number of pyridine rings is 1. The van der Waals surface area contributed by atoms with Crippen LogP contribution < -0.4 is 11.1 Å². The van der Waals surface area contributed by atoms with Crippen molar-refractivity contribution < 1.29 is 4.79 Å². The lowest BCUT2D eigenvalue weighted by Gasteiger charge is -2.07. The monoisotopic (exact) mass is 243 g/mol. The second-order valence-electron chi connectivity index (χ2n) is 3.88. The van der Waals surface area contributed by atoms with Crippen molar-refractivity contribution in [3.63, 3.8) is 0 Å². The van der Waals surface area contributed by atoms with Crippen LogP contribution in [0.25, 0.3) is 0 Å². The van der Waals surface area contributed by atoms with Gasteiger partial charge >= 0.3 is 0 Å². The predicted molar refractivity (Wildman–Crippen MR) is 68.1 cm³/mol. The molecular weight excluding hydrogens is 230 g/mol. The van der Waals surface area contributed by atoms with Gasteiger partial charge in [0.05, 0.1) is 0 Å². The number of hydrogen-bond donors (Lipinski definition) is 2. The molecule has 6 nitrogen and oxygen atoms in total. The first-order valence-electron chi connectivity index (χ1n) is 5.39. The van der Waals surface area contributed by atoms with E-state index in [9.17, 15) is 4.79 Å². The van der Waals surface area contributed by atoms with Crippen molar-refractivity contribution in [3.8, 4) is 0 Å². The Morgan fingerprint density at radius 2 is 1.78 bits per heavy atom. The van der Waals surface area contributed by atoms with Crippen LogP contribution >= 0.6 is 0 Å². The number of aromatic nitrogens is 3. The van der Waals surface area contributed by atoms with E-state index in [1.165, 1.54) is 12.4 Å². The highest BCUT2D eigenvalue weighted by Crippen LogP contribution is 2.13. The Morgan fingerprint density at radius 3 is 2.39 bits per heavy atom. The van der Waals surface area contributed by atoms with E-state index in [2.05, 4.69) is 20.3 Å². The first-order valence-corrected chi connectivity index (χ1v) is 5.39. The zero-order valence-corrected chi connectivity index (χ0v) is 10.1. The second kappa shape index (κ2) is 4.79. The van der Waals surface area contributed by atoms with Crippen LogP contribution in [0.5, 0.6) is 0 Å². The topological polar surface area (TPSA) is 93.8 Å². The van der Waals surface area contributed by atoms with Crippen molar-refractivity contribution in [2.45, 2.75) is 13.8 Å². The Bertz CT molecular complexity index is 577. The van der Waals surface area contributed by atoms with Crippen LogP contribution in [0, 0.1) is 13.8 Å². The first kappa shape index (κ1) is 12.0. The molecule has 0 fully saturated rings. The summed E-state index contributed by atoms with van der Waals surface area (Å²) in [6, 6.07) is 3.55. The Kier molecular flexibility index (Phi) is 3.18. The number of amides is 1. The minimum Gasteiger partial charge on any atom is -0.382 e. The maximum absolute atomic E-state index is 11.9. The van der Waals surface area contributed by atoms with Gasteiger partial charge in [0, 0.05) is 29.5 Å². The average Bonchev–Trinajstić information content (AvgIpc) is 2.27. The van der Waals surface area contributed by atoms with E-state index >= 15 is 0 Å². The van der Waals surface area contributed by atoms with E-state index in [-0.39, 0.29) is 17.4 Å². The summed E-state index contributed by atoms with van der Waals surface area (Å²) in [4.78, 5) is 23.9. The summed E-state index contributed by atoms with van der Waals surface area (Å²) in [5.41, 5.74) is 8.03. The van der Waals surface area contributed by atoms with E-state index in [0.717, 1.165) is 11.4 Å². The van der Waals surface area contributed by atoms with Gasteiger partial charge in [-0.1, -0.05) is 0 Å². The molecule has 0 aliphatic carbocycles. The van der Waals surface area contributed by atoms with Crippen LogP contribution in [-0.4, -0.2) is 20.9 Å². The number of nitrogen functional groups attached to an aromatic ring is 1. The average molecular weight is 243 g/mol. The van der Waals surface area contributed by atoms with Crippen molar-refractivity contribution >= 4 is 17.4 Å². The number of hydrogen-bond acceptors (Lipinski definition) is 5. The molecule has 92 valence electrons. The lowest BCUT2D eigenvalue weighted by molar-refractivity contribution is 0.102. The summed E-state index contributed by atoms with van der Waals surface area (Å²) >= 11 is 0. The van der Waals surface area contributed by atoms with Gasteiger partial charge in [0.1, 0.15) is 0 Å². The molecular formula is C12H13N5O. The molecule has 0 radical (unpaired) electrons. The molecule has 0 spiro atoms. The van der Waals surface area contributed by atoms with Gasteiger partial charge in [-0.25, -0.2) is 9.97 Å². The normalized spacial score (nSPS) is 10.1. The van der Waals surface area contributed by atoms with Crippen molar-refractivity contribution in [1.29, 1.82) is 0 Å². The quantitative estimate of drug-likeness (QED) is 0.829. The van der Waals surface area contributed by atoms with Gasteiger partial charge in [0.15, 0.2) is 11.5 Å². The number of carbonyl (C=O) groups excluding carboxylic acids is 1. The van der Waals surface area contributed by atoms with E-state index in [1.807, 2.05) is 13.8 Å². The Balaban J connectivity index is 2.24. The van der Waals surface area contributed by atoms with Crippen LogP contribution in [0.1, 0.15) is 21.9 Å². The maximum atomic E-state index is 11.9. The fourth-order valence-corrected chi connectivity index (χ4v) is 1.62. The van der Waals surface area contributed by atoms with Gasteiger partial charge < -0.3 is 11.1 Å². The van der Waals surface area contributed by atoms with Crippen molar-refractivity contribution in [3.05, 3.63) is 41.6 Å². The van der Waals surface area contributed by atoms with E-state index < -0.39 is 0 Å². The second-order valence-corrected chi connectivity index (χ2v) is 3.88. The summed E-state index contributed by atoms with van der Waals surface area (Å²) in [6.07, 6.45) is 2.86. The molecule has 0 aliphatic heterocycles. The molecule has 6 heteroatoms. The predicted octanol–water partition coefficient (Wildman–Crippen LogP) is 1.32. The molecule has 0 unspecified atom stereocenters. The number of carbonyl (C=O) groups is 1. The standard InChI is InChI=1S/C12H13N5O/c1-7-5-9(6-8(2)16-7)17-12(18)10-11(13)15-4-3-14-10/h3-6H,1-2H3,(H2,13,15)(H,16,17,18). The number of nitrogens with two attached hydrogens (primary N) is 1. The van der Waals surface area contributed by atoms with Crippen LogP contribution in [0.15, 0.2) is 24.5 Å². The summed E-state index contributed by atoms with van der Waals surface area (Å²) in [5, 5.41) is 2.72. The molecule has 0 aromatic carbocycles. The van der Waals surface area contributed by atoms with E-state index in [0.29, 0.717) is 5.69 Å². The number of nitrogens with one attached hydrogen (secondary N) is 1. The molecule has 0 aliphatic rings. The van der Waals surface area contributed by atoms with Gasteiger partial charge in [-0.15, -0.1) is 0 Å². The molecule has 2 rings (SSSR count). The molecule has 18 heavy (non-hydrogen) atoms. The van der Waals surface area contributed by atoms with Crippen molar-refractivity contribution in [1.82, 2.24) is 15.0 Å². The van der Waals surface area contributed by atoms with Crippen molar-refractivity contribution in [2.75, 3.05) is 11.1 Å². The molecule has 0 saturated heterocycles. The third-order valence-electron chi connectivity index (χ3n) is 2.28. The Morgan fingerprint density at radius 1 is 1.17 bits per heavy atom. The van der Waals surface area contributed by atoms with Gasteiger partial charge in [-0.2, -0.15) is 0 Å². The molecule has 0 saturated carbocycles. The number of aryl methyl sites for hydroxylation is 2. The van der Waals surface area contributed by atoms with Gasteiger partial charge in [0.2, 0.25) is 0 Å². The number of nitrogens with zero attached hydrogens (tertiary/aromatic N) is 3. The summed E-state index contributed by atoms with van der Waals surface area (Å²) < 4.78 is 0. The Labute approximate surface area is 104 Å². The maximum Gasteiger partial charge on any atom is 0.278 e. The van der Waals surface area contributed by atoms with Crippen LogP contribution in [-0.2, 0) is 0 Å². The highest BCUT2D eigenvalue weighted by molar-refractivity contribution is 6.05. The van der Waals surface area contributed by atoms with Gasteiger partial charge in [-0.05, 0) is 26.0 Å². The molecule has 2 aromatic heterocycles. The highest BCUT2D eigenvalue weighted by atomic mass is 16.1. The lowest BCUT2D eigenvalue weighted by atomic mass is 10.2. The molecule has 0 bridgehead atoms. The molecule has 2 heterocycles. The van der Waals surface area contributed by atoms with Gasteiger partial charge in [-0.3, -0.25) is 9.78 Å². The number of anilines is 2. The molecule has 2 aromatic rings. The van der Waals surface area contributed by atoms with Crippen molar-refractivity contribution in [2.24, 2.45) is 0 Å². The minimum absolute atomic E-state index is 0.109. The van der Waals surface area contributed by atoms with E-state index in [4.69, 9.17) is 5.73 Å². The van der Waals surface area contributed by atoms with Gasteiger partial charge in [0.25, 0.3) is 5.91 Å². The fourth-order valence-electron chi connectivity index (χ4n) is 1.62. The summed E-state index contributed by atoms with van der Waals surface area (Å²) in [7, 11) is 0. The zero-order chi connectivity index (χ0) is 13.1. The smallest absolute Gasteiger partial charge is 0.278 e. The van der Waals surface area contributed by atoms with Crippen LogP contribution in [0.3, 0.4) is 0 Å². The minimum atomic E-state index is -0.384. The van der Waals surface area contributed by atoms with Crippen LogP contribution in [0.4, 0.5) is 11.5 Å². The summed E-state index contributed by atoms with van der Waals surface area (Å²) in [5.74, 6) is -0.275. The molecule has 1 amide bonds. The molecule has 3 N–H and O–H groups in total. The first-order chi connectivity index (χ1) is 8.56. The van der Waals surface area contributed by atoms with E-state index in [1.54, 1.807) is 12.1 Å². The SMILES string of the molecule is Cc1cc(NC(=O)c2nccnc2N)cc(C)n1.